The summed E-state index contributed by atoms with van der Waals surface area (Å²) < 4.78 is 5.44. The molecule has 0 amide bonds. The maximum Gasteiger partial charge on any atom is 0.342 e. The number of carboxylic acids is 1. The van der Waals surface area contributed by atoms with Crippen LogP contribution in [0.3, 0.4) is 0 Å². The molecule has 0 bridgehead atoms. The standard InChI is InChI=1S/C14H10ClNO5/c1-8-5-6-10(15)12(7-8)21-11-4-2-3-9(14(17)18)13(11)16(19)20/h2-7H,1H3,(H,17,18). The minimum absolute atomic E-state index is 0.174. The average Bonchev–Trinajstić information content (AvgIpc) is 2.42. The van der Waals surface area contributed by atoms with E-state index in [0.29, 0.717) is 0 Å². The maximum absolute atomic E-state index is 11.1. The molecule has 0 aliphatic rings. The lowest BCUT2D eigenvalue weighted by atomic mass is 10.1. The number of carboxylic acid groups (broad SMARTS) is 1. The first kappa shape index (κ1) is 14.8. The van der Waals surface area contributed by atoms with Crippen molar-refractivity contribution >= 4 is 23.3 Å². The number of nitrogens with zero attached hydrogens (tertiary/aromatic N) is 1. The highest BCUT2D eigenvalue weighted by molar-refractivity contribution is 6.32. The summed E-state index contributed by atoms with van der Waals surface area (Å²) in [5, 5.41) is 20.4. The van der Waals surface area contributed by atoms with E-state index in [1.54, 1.807) is 18.2 Å². The average molecular weight is 308 g/mol. The predicted octanol–water partition coefficient (Wildman–Crippen LogP) is 4.05. The normalized spacial score (nSPS) is 10.2. The highest BCUT2D eigenvalue weighted by Crippen LogP contribution is 2.37. The van der Waals surface area contributed by atoms with Gasteiger partial charge in [-0.2, -0.15) is 0 Å². The van der Waals surface area contributed by atoms with Crippen LogP contribution in [0.25, 0.3) is 0 Å². The van der Waals surface area contributed by atoms with Crippen molar-refractivity contribution in [3.63, 3.8) is 0 Å². The molecule has 1 N–H and O–H groups in total. The van der Waals surface area contributed by atoms with Crippen molar-refractivity contribution in [2.24, 2.45) is 0 Å². The highest BCUT2D eigenvalue weighted by atomic mass is 35.5. The lowest BCUT2D eigenvalue weighted by Gasteiger charge is -2.09. The second-order valence-corrected chi connectivity index (χ2v) is 4.66. The van der Waals surface area contributed by atoms with Gasteiger partial charge in [0.25, 0.3) is 0 Å². The Morgan fingerprint density at radius 2 is 2.00 bits per heavy atom. The van der Waals surface area contributed by atoms with E-state index in [-0.39, 0.29) is 16.5 Å². The van der Waals surface area contributed by atoms with Gasteiger partial charge in [-0.15, -0.1) is 0 Å². The Bertz CT molecular complexity index is 729. The van der Waals surface area contributed by atoms with Crippen molar-refractivity contribution in [2.45, 2.75) is 6.92 Å². The fourth-order valence-electron chi connectivity index (χ4n) is 1.77. The number of hydrogen-bond acceptors (Lipinski definition) is 4. The second-order valence-electron chi connectivity index (χ2n) is 4.25. The van der Waals surface area contributed by atoms with Crippen molar-refractivity contribution < 1.29 is 19.6 Å². The first-order chi connectivity index (χ1) is 9.90. The Balaban J connectivity index is 2.54. The molecule has 6 nitrogen and oxygen atoms in total. The molecular formula is C14H10ClNO5. The van der Waals surface area contributed by atoms with Gasteiger partial charge in [-0.05, 0) is 36.8 Å². The number of carbonyl (C=O) groups is 1. The van der Waals surface area contributed by atoms with Crippen molar-refractivity contribution in [2.75, 3.05) is 0 Å². The Labute approximate surface area is 124 Å². The zero-order chi connectivity index (χ0) is 15.6. The highest BCUT2D eigenvalue weighted by Gasteiger charge is 2.26. The summed E-state index contributed by atoms with van der Waals surface area (Å²) in [5.41, 5.74) is -0.199. The van der Waals surface area contributed by atoms with E-state index < -0.39 is 22.1 Å². The maximum atomic E-state index is 11.1. The Kier molecular flexibility index (Phi) is 4.09. The first-order valence-corrected chi connectivity index (χ1v) is 6.22. The Hall–Kier alpha value is -2.60. The molecule has 0 atom stereocenters. The molecule has 21 heavy (non-hydrogen) atoms. The van der Waals surface area contributed by atoms with Crippen LogP contribution < -0.4 is 4.74 Å². The van der Waals surface area contributed by atoms with Crippen molar-refractivity contribution in [1.82, 2.24) is 0 Å². The molecule has 0 aliphatic carbocycles. The second kappa shape index (κ2) is 5.80. The van der Waals surface area contributed by atoms with Gasteiger partial charge in [0.05, 0.1) is 9.95 Å². The van der Waals surface area contributed by atoms with E-state index >= 15 is 0 Å². The fraction of sp³-hybridized carbons (Fsp3) is 0.0714. The van der Waals surface area contributed by atoms with Crippen LogP contribution in [0.4, 0.5) is 5.69 Å². The molecule has 2 aromatic carbocycles. The number of ether oxygens (including phenoxy) is 1. The van der Waals surface area contributed by atoms with E-state index in [4.69, 9.17) is 21.4 Å². The monoisotopic (exact) mass is 307 g/mol. The molecule has 0 aromatic heterocycles. The molecule has 0 unspecified atom stereocenters. The molecule has 2 aromatic rings. The molecule has 0 spiro atoms. The van der Waals surface area contributed by atoms with Crippen molar-refractivity contribution in [3.8, 4) is 11.5 Å². The van der Waals surface area contributed by atoms with Crippen LogP contribution >= 0.6 is 11.6 Å². The summed E-state index contributed by atoms with van der Waals surface area (Å²) in [6.45, 7) is 1.81. The molecular weight excluding hydrogens is 298 g/mol. The smallest absolute Gasteiger partial charge is 0.342 e. The third-order valence-corrected chi connectivity index (χ3v) is 3.03. The molecule has 0 saturated heterocycles. The number of halogens is 1. The molecule has 2 rings (SSSR count). The van der Waals surface area contributed by atoms with Gasteiger partial charge in [-0.3, -0.25) is 10.1 Å². The summed E-state index contributed by atoms with van der Waals surface area (Å²) in [7, 11) is 0. The number of rotatable bonds is 4. The summed E-state index contributed by atoms with van der Waals surface area (Å²) in [6.07, 6.45) is 0. The third-order valence-electron chi connectivity index (χ3n) is 2.72. The lowest BCUT2D eigenvalue weighted by molar-refractivity contribution is -0.386. The SMILES string of the molecule is Cc1ccc(Cl)c(Oc2cccc(C(=O)O)c2[N+](=O)[O-])c1. The molecule has 0 radical (unpaired) electrons. The van der Waals surface area contributed by atoms with E-state index in [0.717, 1.165) is 11.6 Å². The number of aromatic carboxylic acids is 1. The van der Waals surface area contributed by atoms with Gasteiger partial charge in [0.2, 0.25) is 5.75 Å². The molecule has 0 fully saturated rings. The van der Waals surface area contributed by atoms with Gasteiger partial charge in [-0.1, -0.05) is 23.7 Å². The minimum atomic E-state index is -1.40. The molecule has 0 aliphatic heterocycles. The summed E-state index contributed by atoms with van der Waals surface area (Å²) in [4.78, 5) is 21.4. The van der Waals surface area contributed by atoms with Crippen LogP contribution in [-0.4, -0.2) is 16.0 Å². The number of nitro groups is 1. The van der Waals surface area contributed by atoms with Crippen molar-refractivity contribution in [3.05, 3.63) is 62.7 Å². The third kappa shape index (κ3) is 3.11. The van der Waals surface area contributed by atoms with Crippen LogP contribution in [0.15, 0.2) is 36.4 Å². The van der Waals surface area contributed by atoms with Crippen LogP contribution in [0.1, 0.15) is 15.9 Å². The van der Waals surface area contributed by atoms with Crippen LogP contribution in [0.2, 0.25) is 5.02 Å². The number of para-hydroxylation sites is 1. The lowest BCUT2D eigenvalue weighted by Crippen LogP contribution is -2.04. The van der Waals surface area contributed by atoms with E-state index in [9.17, 15) is 14.9 Å². The van der Waals surface area contributed by atoms with Gasteiger partial charge < -0.3 is 9.84 Å². The van der Waals surface area contributed by atoms with Gasteiger partial charge in [0.1, 0.15) is 11.3 Å². The summed E-state index contributed by atoms with van der Waals surface area (Å²) in [5.74, 6) is -1.35. The molecule has 0 heterocycles. The summed E-state index contributed by atoms with van der Waals surface area (Å²) in [6, 6.07) is 8.81. The number of aryl methyl sites for hydroxylation is 1. The molecule has 0 saturated carbocycles. The zero-order valence-electron chi connectivity index (χ0n) is 10.9. The van der Waals surface area contributed by atoms with Gasteiger partial charge in [0, 0.05) is 0 Å². The number of benzene rings is 2. The van der Waals surface area contributed by atoms with E-state index in [2.05, 4.69) is 0 Å². The van der Waals surface area contributed by atoms with Gasteiger partial charge in [0.15, 0.2) is 0 Å². The van der Waals surface area contributed by atoms with Gasteiger partial charge >= 0.3 is 11.7 Å². The predicted molar refractivity (Wildman–Crippen MR) is 76.3 cm³/mol. The quantitative estimate of drug-likeness (QED) is 0.680. The Morgan fingerprint density at radius 1 is 1.29 bits per heavy atom. The Morgan fingerprint density at radius 3 is 2.62 bits per heavy atom. The molecule has 7 heteroatoms. The largest absolute Gasteiger partial charge is 0.477 e. The van der Waals surface area contributed by atoms with E-state index in [1.807, 2.05) is 6.92 Å². The zero-order valence-corrected chi connectivity index (χ0v) is 11.6. The first-order valence-electron chi connectivity index (χ1n) is 5.85. The van der Waals surface area contributed by atoms with Crippen molar-refractivity contribution in [1.29, 1.82) is 0 Å². The summed E-state index contributed by atoms with van der Waals surface area (Å²) >= 11 is 5.97. The van der Waals surface area contributed by atoms with E-state index in [1.165, 1.54) is 12.1 Å². The van der Waals surface area contributed by atoms with Crippen LogP contribution in [-0.2, 0) is 0 Å². The number of nitro benzene ring substituents is 1. The topological polar surface area (TPSA) is 89.7 Å². The minimum Gasteiger partial charge on any atom is -0.477 e. The number of hydrogen-bond donors (Lipinski definition) is 1. The van der Waals surface area contributed by atoms with Gasteiger partial charge in [-0.25, -0.2) is 4.79 Å². The van der Waals surface area contributed by atoms with Crippen LogP contribution in [0.5, 0.6) is 11.5 Å². The molecule has 108 valence electrons. The fourth-order valence-corrected chi connectivity index (χ4v) is 1.93. The van der Waals surface area contributed by atoms with Crippen LogP contribution in [0, 0.1) is 17.0 Å².